The topological polar surface area (TPSA) is 21.3 Å². The molecule has 0 spiro atoms. The van der Waals surface area contributed by atoms with E-state index >= 15 is 0 Å². The highest BCUT2D eigenvalue weighted by molar-refractivity contribution is 5.24. The van der Waals surface area contributed by atoms with Crippen molar-refractivity contribution >= 4 is 0 Å². The van der Waals surface area contributed by atoms with Crippen molar-refractivity contribution in [2.24, 2.45) is 5.92 Å². The number of nitrogens with one attached hydrogen (secondary N) is 1. The summed E-state index contributed by atoms with van der Waals surface area (Å²) in [5, 5.41) is 3.40. The molecule has 1 rings (SSSR count). The van der Waals surface area contributed by atoms with Crippen molar-refractivity contribution in [1.29, 1.82) is 0 Å². The van der Waals surface area contributed by atoms with Crippen molar-refractivity contribution in [2.75, 3.05) is 19.7 Å². The minimum atomic E-state index is 0.166. The second kappa shape index (κ2) is 9.11. The average molecular weight is 263 g/mol. The van der Waals surface area contributed by atoms with Crippen LogP contribution in [0.4, 0.5) is 0 Å². The SMILES string of the molecule is CCCC(C)COC(CNCC)c1cccc(C)c1. The van der Waals surface area contributed by atoms with Crippen molar-refractivity contribution in [3.05, 3.63) is 35.4 Å². The summed E-state index contributed by atoms with van der Waals surface area (Å²) in [5.41, 5.74) is 2.58. The molecule has 0 saturated heterocycles. The monoisotopic (exact) mass is 263 g/mol. The molecular weight excluding hydrogens is 234 g/mol. The third kappa shape index (κ3) is 6.22. The van der Waals surface area contributed by atoms with Gasteiger partial charge in [0.25, 0.3) is 0 Å². The lowest BCUT2D eigenvalue weighted by Crippen LogP contribution is -2.24. The third-order valence-corrected chi connectivity index (χ3v) is 3.36. The van der Waals surface area contributed by atoms with Crippen LogP contribution in [0.15, 0.2) is 24.3 Å². The molecule has 0 amide bonds. The quantitative estimate of drug-likeness (QED) is 0.724. The molecule has 108 valence electrons. The third-order valence-electron chi connectivity index (χ3n) is 3.36. The Labute approximate surface area is 118 Å². The molecule has 2 nitrogen and oxygen atoms in total. The molecule has 0 aliphatic carbocycles. The molecule has 2 unspecified atom stereocenters. The van der Waals surface area contributed by atoms with Crippen LogP contribution in [0.25, 0.3) is 0 Å². The lowest BCUT2D eigenvalue weighted by Gasteiger charge is -2.21. The predicted molar refractivity (Wildman–Crippen MR) is 82.5 cm³/mol. The zero-order valence-corrected chi connectivity index (χ0v) is 12.9. The van der Waals surface area contributed by atoms with E-state index in [1.165, 1.54) is 24.0 Å². The summed E-state index contributed by atoms with van der Waals surface area (Å²) in [7, 11) is 0. The van der Waals surface area contributed by atoms with E-state index < -0.39 is 0 Å². The van der Waals surface area contributed by atoms with Gasteiger partial charge in [-0.05, 0) is 31.4 Å². The molecule has 1 aromatic rings. The molecule has 19 heavy (non-hydrogen) atoms. The lowest BCUT2D eigenvalue weighted by molar-refractivity contribution is 0.0302. The van der Waals surface area contributed by atoms with Crippen LogP contribution >= 0.6 is 0 Å². The normalized spacial score (nSPS) is 14.3. The molecule has 1 aromatic carbocycles. The van der Waals surface area contributed by atoms with Gasteiger partial charge in [-0.15, -0.1) is 0 Å². The van der Waals surface area contributed by atoms with E-state index in [-0.39, 0.29) is 6.10 Å². The Bertz CT molecular complexity index is 351. The molecule has 0 aromatic heterocycles. The summed E-state index contributed by atoms with van der Waals surface area (Å²) in [5.74, 6) is 0.638. The first-order chi connectivity index (χ1) is 9.17. The van der Waals surface area contributed by atoms with Gasteiger partial charge in [0.1, 0.15) is 0 Å². The van der Waals surface area contributed by atoms with Gasteiger partial charge in [-0.25, -0.2) is 0 Å². The van der Waals surface area contributed by atoms with E-state index in [0.29, 0.717) is 5.92 Å². The van der Waals surface area contributed by atoms with Crippen LogP contribution in [0.1, 0.15) is 50.8 Å². The van der Waals surface area contributed by atoms with Gasteiger partial charge in [-0.2, -0.15) is 0 Å². The highest BCUT2D eigenvalue weighted by Gasteiger charge is 2.13. The van der Waals surface area contributed by atoms with Gasteiger partial charge >= 0.3 is 0 Å². The Hall–Kier alpha value is -0.860. The molecule has 0 aliphatic rings. The summed E-state index contributed by atoms with van der Waals surface area (Å²) in [4.78, 5) is 0. The number of benzene rings is 1. The number of ether oxygens (including phenoxy) is 1. The smallest absolute Gasteiger partial charge is 0.0949 e. The summed E-state index contributed by atoms with van der Waals surface area (Å²) in [6, 6.07) is 8.64. The van der Waals surface area contributed by atoms with Gasteiger partial charge < -0.3 is 10.1 Å². The molecule has 0 fully saturated rings. The Morgan fingerprint density at radius 1 is 1.26 bits per heavy atom. The number of rotatable bonds is 9. The van der Waals surface area contributed by atoms with Gasteiger partial charge in [0.05, 0.1) is 12.7 Å². The van der Waals surface area contributed by atoms with E-state index in [4.69, 9.17) is 4.74 Å². The van der Waals surface area contributed by atoms with E-state index in [9.17, 15) is 0 Å². The minimum Gasteiger partial charge on any atom is -0.372 e. The van der Waals surface area contributed by atoms with Crippen LogP contribution < -0.4 is 5.32 Å². The average Bonchev–Trinajstić information content (AvgIpc) is 2.39. The van der Waals surface area contributed by atoms with Crippen LogP contribution in [0, 0.1) is 12.8 Å². The zero-order valence-electron chi connectivity index (χ0n) is 12.9. The molecule has 2 atom stereocenters. The molecule has 0 radical (unpaired) electrons. The largest absolute Gasteiger partial charge is 0.372 e. The van der Waals surface area contributed by atoms with E-state index in [0.717, 1.165) is 19.7 Å². The van der Waals surface area contributed by atoms with Crippen molar-refractivity contribution in [3.8, 4) is 0 Å². The molecule has 0 aliphatic heterocycles. The fourth-order valence-corrected chi connectivity index (χ4v) is 2.28. The molecule has 2 heteroatoms. The van der Waals surface area contributed by atoms with E-state index in [1.54, 1.807) is 0 Å². The Morgan fingerprint density at radius 3 is 2.68 bits per heavy atom. The van der Waals surface area contributed by atoms with Gasteiger partial charge in [-0.1, -0.05) is 57.0 Å². The first-order valence-electron chi connectivity index (χ1n) is 7.56. The van der Waals surface area contributed by atoms with Gasteiger partial charge in [0, 0.05) is 6.54 Å². The Morgan fingerprint density at radius 2 is 2.05 bits per heavy atom. The highest BCUT2D eigenvalue weighted by Crippen LogP contribution is 2.20. The molecular formula is C17H29NO. The summed E-state index contributed by atoms with van der Waals surface area (Å²) < 4.78 is 6.14. The number of hydrogen-bond acceptors (Lipinski definition) is 2. The first-order valence-corrected chi connectivity index (χ1v) is 7.56. The number of likely N-dealkylation sites (N-methyl/N-ethyl adjacent to an activating group) is 1. The highest BCUT2D eigenvalue weighted by atomic mass is 16.5. The second-order valence-electron chi connectivity index (χ2n) is 5.44. The van der Waals surface area contributed by atoms with E-state index in [2.05, 4.69) is 57.3 Å². The van der Waals surface area contributed by atoms with Crippen molar-refractivity contribution in [1.82, 2.24) is 5.32 Å². The minimum absolute atomic E-state index is 0.166. The zero-order chi connectivity index (χ0) is 14.1. The Kier molecular flexibility index (Phi) is 7.76. The van der Waals surface area contributed by atoms with E-state index in [1.807, 2.05) is 0 Å². The van der Waals surface area contributed by atoms with Crippen LogP contribution in [0.2, 0.25) is 0 Å². The van der Waals surface area contributed by atoms with Gasteiger partial charge in [0.2, 0.25) is 0 Å². The lowest BCUT2D eigenvalue weighted by atomic mass is 10.1. The molecule has 1 N–H and O–H groups in total. The number of aryl methyl sites for hydroxylation is 1. The van der Waals surface area contributed by atoms with Gasteiger partial charge in [0.15, 0.2) is 0 Å². The number of hydrogen-bond donors (Lipinski definition) is 1. The maximum atomic E-state index is 6.14. The first kappa shape index (κ1) is 16.2. The summed E-state index contributed by atoms with van der Waals surface area (Å²) in [6.07, 6.45) is 2.63. The standard InChI is InChI=1S/C17H29NO/c1-5-8-15(4)13-19-17(12-18-6-2)16-10-7-9-14(3)11-16/h7,9-11,15,17-18H,5-6,8,12-13H2,1-4H3. The summed E-state index contributed by atoms with van der Waals surface area (Å²) in [6.45, 7) is 11.5. The van der Waals surface area contributed by atoms with Crippen LogP contribution in [-0.4, -0.2) is 19.7 Å². The van der Waals surface area contributed by atoms with Gasteiger partial charge in [-0.3, -0.25) is 0 Å². The van der Waals surface area contributed by atoms with Crippen molar-refractivity contribution < 1.29 is 4.74 Å². The molecule has 0 heterocycles. The van der Waals surface area contributed by atoms with Crippen molar-refractivity contribution in [3.63, 3.8) is 0 Å². The summed E-state index contributed by atoms with van der Waals surface area (Å²) >= 11 is 0. The maximum absolute atomic E-state index is 6.14. The predicted octanol–water partition coefficient (Wildman–Crippen LogP) is 4.10. The maximum Gasteiger partial charge on any atom is 0.0949 e. The molecule has 0 saturated carbocycles. The molecule has 0 bridgehead atoms. The van der Waals surface area contributed by atoms with Crippen LogP contribution in [-0.2, 0) is 4.74 Å². The second-order valence-corrected chi connectivity index (χ2v) is 5.44. The fourth-order valence-electron chi connectivity index (χ4n) is 2.28. The fraction of sp³-hybridized carbons (Fsp3) is 0.647. The van der Waals surface area contributed by atoms with Crippen molar-refractivity contribution in [2.45, 2.75) is 46.6 Å². The van der Waals surface area contributed by atoms with Crippen LogP contribution in [0.3, 0.4) is 0 Å². The van der Waals surface area contributed by atoms with Crippen LogP contribution in [0.5, 0.6) is 0 Å². The Balaban J connectivity index is 2.61.